The molecule has 7 heteroatoms. The summed E-state index contributed by atoms with van der Waals surface area (Å²) in [5.74, 6) is 0.965. The van der Waals surface area contributed by atoms with Crippen molar-refractivity contribution in [1.82, 2.24) is 15.0 Å². The molecule has 1 N–H and O–H groups in total. The normalized spacial score (nSPS) is 11.9. The molecule has 0 aliphatic carbocycles. The maximum Gasteiger partial charge on any atom is 0.262 e. The SMILES string of the molecule is CC[C@H](C)c1ccc(OCC(=O)Nc2cc3nn(-c4ccc(N(CC)CC)cc4)nc3cc2C)cc1. The van der Waals surface area contributed by atoms with Crippen molar-refractivity contribution in [2.75, 3.05) is 29.9 Å². The molecule has 0 unspecified atom stereocenters. The predicted molar refractivity (Wildman–Crippen MR) is 146 cm³/mol. The predicted octanol–water partition coefficient (Wildman–Crippen LogP) is 6.11. The number of ether oxygens (including phenoxy) is 1. The Labute approximate surface area is 213 Å². The van der Waals surface area contributed by atoms with Gasteiger partial charge in [0.15, 0.2) is 6.61 Å². The molecule has 188 valence electrons. The van der Waals surface area contributed by atoms with Crippen molar-refractivity contribution < 1.29 is 9.53 Å². The van der Waals surface area contributed by atoms with Crippen LogP contribution < -0.4 is 15.0 Å². The van der Waals surface area contributed by atoms with Crippen molar-refractivity contribution >= 4 is 28.3 Å². The lowest BCUT2D eigenvalue weighted by Gasteiger charge is -2.20. The van der Waals surface area contributed by atoms with Crippen LogP contribution in [0.4, 0.5) is 11.4 Å². The van der Waals surface area contributed by atoms with E-state index in [9.17, 15) is 4.79 Å². The second-order valence-corrected chi connectivity index (χ2v) is 9.05. The van der Waals surface area contributed by atoms with Crippen LogP contribution in [0.3, 0.4) is 0 Å². The molecule has 1 amide bonds. The number of benzene rings is 3. The molecular weight excluding hydrogens is 450 g/mol. The lowest BCUT2D eigenvalue weighted by Crippen LogP contribution is -2.21. The van der Waals surface area contributed by atoms with Gasteiger partial charge in [-0.15, -0.1) is 10.2 Å². The molecule has 36 heavy (non-hydrogen) atoms. The quantitative estimate of drug-likeness (QED) is 0.294. The molecule has 7 nitrogen and oxygen atoms in total. The summed E-state index contributed by atoms with van der Waals surface area (Å²) in [5.41, 5.74) is 6.44. The molecule has 0 saturated heterocycles. The summed E-state index contributed by atoms with van der Waals surface area (Å²) >= 11 is 0. The standard InChI is InChI=1S/C29H35N5O2/c1-6-20(4)22-9-15-25(16-10-22)36-19-29(35)30-26-18-28-27(17-21(26)5)31-34(32-28)24-13-11-23(12-14-24)33(7-2)8-3/h9-18,20H,6-8,19H2,1-5H3,(H,30,35)/t20-/m0/s1. The Kier molecular flexibility index (Phi) is 7.88. The number of nitrogens with one attached hydrogen (secondary N) is 1. The highest BCUT2D eigenvalue weighted by atomic mass is 16.5. The van der Waals surface area contributed by atoms with Crippen LogP contribution in [0.5, 0.6) is 5.75 Å². The molecule has 0 aliphatic rings. The molecule has 0 radical (unpaired) electrons. The number of anilines is 2. The van der Waals surface area contributed by atoms with Gasteiger partial charge >= 0.3 is 0 Å². The second kappa shape index (κ2) is 11.2. The minimum atomic E-state index is -0.220. The van der Waals surface area contributed by atoms with Crippen LogP contribution in [-0.2, 0) is 4.79 Å². The van der Waals surface area contributed by atoms with Gasteiger partial charge in [0, 0.05) is 24.5 Å². The molecule has 0 bridgehead atoms. The molecule has 1 aromatic heterocycles. The Bertz CT molecular complexity index is 1310. The zero-order chi connectivity index (χ0) is 25.7. The third kappa shape index (κ3) is 5.67. The number of fused-ring (bicyclic) bond motifs is 1. The molecule has 0 saturated carbocycles. The van der Waals surface area contributed by atoms with E-state index < -0.39 is 0 Å². The number of hydrogen-bond acceptors (Lipinski definition) is 5. The van der Waals surface area contributed by atoms with E-state index in [1.807, 2.05) is 43.3 Å². The number of aryl methyl sites for hydroxylation is 1. The first-order valence-electron chi connectivity index (χ1n) is 12.7. The number of aromatic nitrogens is 3. The molecule has 1 heterocycles. The van der Waals surface area contributed by atoms with Crippen LogP contribution in [0.25, 0.3) is 16.7 Å². The van der Waals surface area contributed by atoms with E-state index in [-0.39, 0.29) is 12.5 Å². The van der Waals surface area contributed by atoms with Crippen LogP contribution in [0, 0.1) is 6.92 Å². The molecule has 4 rings (SSSR count). The molecular formula is C29H35N5O2. The first-order chi connectivity index (χ1) is 17.4. The van der Waals surface area contributed by atoms with Gasteiger partial charge in [-0.25, -0.2) is 0 Å². The fraction of sp³-hybridized carbons (Fsp3) is 0.345. The van der Waals surface area contributed by atoms with Crippen molar-refractivity contribution in [2.24, 2.45) is 0 Å². The minimum absolute atomic E-state index is 0.0638. The van der Waals surface area contributed by atoms with E-state index in [0.717, 1.165) is 36.3 Å². The average Bonchev–Trinajstić information content (AvgIpc) is 3.31. The fourth-order valence-electron chi connectivity index (χ4n) is 4.17. The summed E-state index contributed by atoms with van der Waals surface area (Å²) in [6.07, 6.45) is 1.09. The topological polar surface area (TPSA) is 72.3 Å². The van der Waals surface area contributed by atoms with Gasteiger partial charge in [0.25, 0.3) is 5.91 Å². The van der Waals surface area contributed by atoms with Crippen LogP contribution in [0.15, 0.2) is 60.7 Å². The van der Waals surface area contributed by atoms with Gasteiger partial charge < -0.3 is 15.0 Å². The van der Waals surface area contributed by atoms with Gasteiger partial charge in [0.1, 0.15) is 16.8 Å². The third-order valence-electron chi connectivity index (χ3n) is 6.64. The largest absolute Gasteiger partial charge is 0.484 e. The Morgan fingerprint density at radius 1 is 0.972 bits per heavy atom. The van der Waals surface area contributed by atoms with E-state index in [2.05, 4.69) is 72.4 Å². The zero-order valence-corrected chi connectivity index (χ0v) is 21.8. The highest BCUT2D eigenvalue weighted by Gasteiger charge is 2.12. The van der Waals surface area contributed by atoms with E-state index in [0.29, 0.717) is 22.9 Å². The summed E-state index contributed by atoms with van der Waals surface area (Å²) in [5, 5.41) is 12.2. The van der Waals surface area contributed by atoms with Crippen LogP contribution in [-0.4, -0.2) is 40.6 Å². The van der Waals surface area contributed by atoms with Gasteiger partial charge in [-0.3, -0.25) is 4.79 Å². The van der Waals surface area contributed by atoms with Crippen LogP contribution >= 0.6 is 0 Å². The van der Waals surface area contributed by atoms with Gasteiger partial charge in [-0.1, -0.05) is 26.0 Å². The summed E-state index contributed by atoms with van der Waals surface area (Å²) in [6.45, 7) is 12.5. The average molecular weight is 486 g/mol. The van der Waals surface area contributed by atoms with E-state index in [4.69, 9.17) is 4.74 Å². The van der Waals surface area contributed by atoms with E-state index >= 15 is 0 Å². The maximum atomic E-state index is 12.6. The monoisotopic (exact) mass is 485 g/mol. The number of nitrogens with zero attached hydrogens (tertiary/aromatic N) is 4. The van der Waals surface area contributed by atoms with Gasteiger partial charge in [-0.05, 0) is 92.8 Å². The number of amides is 1. The fourth-order valence-corrected chi connectivity index (χ4v) is 4.17. The summed E-state index contributed by atoms with van der Waals surface area (Å²) < 4.78 is 5.69. The van der Waals surface area contributed by atoms with Crippen LogP contribution in [0.2, 0.25) is 0 Å². The molecule has 4 aromatic rings. The summed E-state index contributed by atoms with van der Waals surface area (Å²) in [4.78, 5) is 16.5. The van der Waals surface area contributed by atoms with Crippen molar-refractivity contribution in [1.29, 1.82) is 0 Å². The zero-order valence-electron chi connectivity index (χ0n) is 21.8. The highest BCUT2D eigenvalue weighted by molar-refractivity contribution is 5.95. The summed E-state index contributed by atoms with van der Waals surface area (Å²) in [6, 6.07) is 20.0. The van der Waals surface area contributed by atoms with Crippen molar-refractivity contribution in [3.63, 3.8) is 0 Å². The Balaban J connectivity index is 1.43. The second-order valence-electron chi connectivity index (χ2n) is 9.05. The molecule has 3 aromatic carbocycles. The number of carbonyl (C=O) groups excluding carboxylic acids is 1. The molecule has 0 fully saturated rings. The third-order valence-corrected chi connectivity index (χ3v) is 6.64. The number of rotatable bonds is 10. The van der Waals surface area contributed by atoms with Crippen molar-refractivity contribution in [2.45, 2.75) is 47.0 Å². The highest BCUT2D eigenvalue weighted by Crippen LogP contribution is 2.24. The Hall–Kier alpha value is -3.87. The summed E-state index contributed by atoms with van der Waals surface area (Å²) in [7, 11) is 0. The Morgan fingerprint density at radius 2 is 1.61 bits per heavy atom. The minimum Gasteiger partial charge on any atom is -0.484 e. The number of hydrogen-bond donors (Lipinski definition) is 1. The first-order valence-corrected chi connectivity index (χ1v) is 12.7. The molecule has 0 aliphatic heterocycles. The van der Waals surface area contributed by atoms with Gasteiger partial charge in [0.05, 0.1) is 5.69 Å². The van der Waals surface area contributed by atoms with E-state index in [1.165, 1.54) is 11.3 Å². The lowest BCUT2D eigenvalue weighted by molar-refractivity contribution is -0.118. The van der Waals surface area contributed by atoms with E-state index in [1.54, 1.807) is 4.80 Å². The first kappa shape index (κ1) is 25.2. The number of carbonyl (C=O) groups is 1. The van der Waals surface area contributed by atoms with Gasteiger partial charge in [-0.2, -0.15) is 4.80 Å². The lowest BCUT2D eigenvalue weighted by atomic mass is 9.99. The van der Waals surface area contributed by atoms with Crippen molar-refractivity contribution in [3.05, 3.63) is 71.8 Å². The maximum absolute atomic E-state index is 12.6. The molecule has 0 spiro atoms. The van der Waals surface area contributed by atoms with Crippen LogP contribution in [0.1, 0.15) is 51.2 Å². The Morgan fingerprint density at radius 3 is 2.22 bits per heavy atom. The van der Waals surface area contributed by atoms with Gasteiger partial charge in [0.2, 0.25) is 0 Å². The molecule has 1 atom stereocenters. The smallest absolute Gasteiger partial charge is 0.262 e. The van der Waals surface area contributed by atoms with Crippen molar-refractivity contribution in [3.8, 4) is 11.4 Å².